The molecule has 2 rings (SSSR count). The maximum Gasteiger partial charge on any atom is 0.0578 e. The van der Waals surface area contributed by atoms with Gasteiger partial charge in [0.1, 0.15) is 0 Å². The summed E-state index contributed by atoms with van der Waals surface area (Å²) in [5.41, 5.74) is 7.60. The summed E-state index contributed by atoms with van der Waals surface area (Å²) < 4.78 is 0. The molecule has 3 heteroatoms. The lowest BCUT2D eigenvalue weighted by molar-refractivity contribution is 0.908. The normalized spacial score (nSPS) is 12.4. The van der Waals surface area contributed by atoms with E-state index in [1.54, 1.807) is 0 Å². The Morgan fingerprint density at radius 1 is 1.25 bits per heavy atom. The van der Waals surface area contributed by atoms with Crippen molar-refractivity contribution in [1.29, 1.82) is 0 Å². The molecule has 0 radical (unpaired) electrons. The van der Waals surface area contributed by atoms with E-state index in [2.05, 4.69) is 31.3 Å². The highest BCUT2D eigenvalue weighted by atomic mass is 32.1. The highest BCUT2D eigenvalue weighted by molar-refractivity contribution is 7.12. The molecule has 0 saturated carbocycles. The predicted molar refractivity (Wildman–Crippen MR) is 71.9 cm³/mol. The van der Waals surface area contributed by atoms with Crippen LogP contribution in [0.4, 0.5) is 11.4 Å². The lowest BCUT2D eigenvalue weighted by Crippen LogP contribution is -2.04. The summed E-state index contributed by atoms with van der Waals surface area (Å²) in [6.45, 7) is 4.29. The van der Waals surface area contributed by atoms with Crippen LogP contribution in [0.1, 0.15) is 22.7 Å². The van der Waals surface area contributed by atoms with Crippen molar-refractivity contribution in [1.82, 2.24) is 0 Å². The molecule has 0 aliphatic carbocycles. The third-order valence-electron chi connectivity index (χ3n) is 2.46. The fraction of sp³-hybridized carbons (Fsp3) is 0.231. The van der Waals surface area contributed by atoms with Gasteiger partial charge in [0.05, 0.1) is 6.04 Å². The highest BCUT2D eigenvalue weighted by Gasteiger charge is 2.07. The van der Waals surface area contributed by atoms with E-state index in [1.165, 1.54) is 9.75 Å². The summed E-state index contributed by atoms with van der Waals surface area (Å²) in [5, 5.41) is 3.44. The first kappa shape index (κ1) is 11.0. The molecule has 1 unspecified atom stereocenters. The molecular formula is C13H16N2S. The zero-order chi connectivity index (χ0) is 11.5. The van der Waals surface area contributed by atoms with Crippen LogP contribution in [-0.4, -0.2) is 0 Å². The largest absolute Gasteiger partial charge is 0.399 e. The zero-order valence-corrected chi connectivity index (χ0v) is 10.3. The van der Waals surface area contributed by atoms with Crippen molar-refractivity contribution in [2.24, 2.45) is 0 Å². The smallest absolute Gasteiger partial charge is 0.0578 e. The molecule has 0 saturated heterocycles. The number of benzene rings is 1. The number of rotatable bonds is 3. The first-order valence-electron chi connectivity index (χ1n) is 5.33. The fourth-order valence-corrected chi connectivity index (χ4v) is 2.52. The third-order valence-corrected chi connectivity index (χ3v) is 3.64. The summed E-state index contributed by atoms with van der Waals surface area (Å²) in [5.74, 6) is 0. The van der Waals surface area contributed by atoms with E-state index >= 15 is 0 Å². The van der Waals surface area contributed by atoms with E-state index in [0.29, 0.717) is 6.04 Å². The van der Waals surface area contributed by atoms with Crippen molar-refractivity contribution < 1.29 is 0 Å². The van der Waals surface area contributed by atoms with Gasteiger partial charge in [0, 0.05) is 21.1 Å². The van der Waals surface area contributed by atoms with Crippen molar-refractivity contribution >= 4 is 22.7 Å². The highest BCUT2D eigenvalue weighted by Crippen LogP contribution is 2.26. The van der Waals surface area contributed by atoms with Crippen LogP contribution < -0.4 is 11.1 Å². The number of nitrogens with one attached hydrogen (secondary N) is 1. The minimum Gasteiger partial charge on any atom is -0.399 e. The van der Waals surface area contributed by atoms with E-state index in [9.17, 15) is 0 Å². The maximum atomic E-state index is 5.74. The van der Waals surface area contributed by atoms with Gasteiger partial charge in [-0.2, -0.15) is 0 Å². The quantitative estimate of drug-likeness (QED) is 0.790. The van der Waals surface area contributed by atoms with Crippen LogP contribution in [0.3, 0.4) is 0 Å². The third kappa shape index (κ3) is 2.55. The standard InChI is InChI=1S/C13H16N2S/c1-9-6-7-13(16-9)10(2)15-12-5-3-4-11(14)8-12/h3-8,10,15H,14H2,1-2H3. The predicted octanol–water partition coefficient (Wildman–Crippen LogP) is 3.81. The monoisotopic (exact) mass is 232 g/mol. The van der Waals surface area contributed by atoms with E-state index < -0.39 is 0 Å². The van der Waals surface area contributed by atoms with Gasteiger partial charge in [-0.15, -0.1) is 11.3 Å². The van der Waals surface area contributed by atoms with Gasteiger partial charge in [-0.1, -0.05) is 6.07 Å². The first-order chi connectivity index (χ1) is 7.65. The molecule has 1 heterocycles. The molecule has 0 aliphatic rings. The number of nitrogens with two attached hydrogens (primary N) is 1. The molecule has 84 valence electrons. The molecule has 0 aliphatic heterocycles. The average Bonchev–Trinajstić information content (AvgIpc) is 2.65. The van der Waals surface area contributed by atoms with Crippen LogP contribution >= 0.6 is 11.3 Å². The summed E-state index contributed by atoms with van der Waals surface area (Å²) in [4.78, 5) is 2.69. The molecule has 1 atom stereocenters. The second-order valence-electron chi connectivity index (χ2n) is 3.94. The van der Waals surface area contributed by atoms with Gasteiger partial charge in [0.25, 0.3) is 0 Å². The maximum absolute atomic E-state index is 5.74. The summed E-state index contributed by atoms with van der Waals surface area (Å²) in [6, 6.07) is 12.5. The Hall–Kier alpha value is -1.48. The summed E-state index contributed by atoms with van der Waals surface area (Å²) in [6.07, 6.45) is 0. The lowest BCUT2D eigenvalue weighted by Gasteiger charge is -2.13. The van der Waals surface area contributed by atoms with Gasteiger partial charge in [0.2, 0.25) is 0 Å². The number of aryl methyl sites for hydroxylation is 1. The van der Waals surface area contributed by atoms with Crippen molar-refractivity contribution in [3.05, 3.63) is 46.2 Å². The molecule has 0 spiro atoms. The second kappa shape index (κ2) is 4.58. The Labute approximate surface area is 100 Å². The number of hydrogen-bond donors (Lipinski definition) is 2. The van der Waals surface area contributed by atoms with E-state index in [0.717, 1.165) is 11.4 Å². The van der Waals surface area contributed by atoms with E-state index in [1.807, 2.05) is 35.6 Å². The van der Waals surface area contributed by atoms with Gasteiger partial charge in [-0.05, 0) is 44.2 Å². The van der Waals surface area contributed by atoms with Crippen LogP contribution in [0.15, 0.2) is 36.4 Å². The van der Waals surface area contributed by atoms with Crippen molar-refractivity contribution in [2.75, 3.05) is 11.1 Å². The van der Waals surface area contributed by atoms with Gasteiger partial charge in [-0.3, -0.25) is 0 Å². The molecule has 1 aromatic heterocycles. The average molecular weight is 232 g/mol. The molecule has 1 aromatic carbocycles. The Bertz CT molecular complexity index is 476. The minimum absolute atomic E-state index is 0.320. The molecule has 2 nitrogen and oxygen atoms in total. The Kier molecular flexibility index (Phi) is 3.15. The van der Waals surface area contributed by atoms with Gasteiger partial charge in [0.15, 0.2) is 0 Å². The van der Waals surface area contributed by atoms with E-state index in [4.69, 9.17) is 5.73 Å². The van der Waals surface area contributed by atoms with Crippen LogP contribution in [-0.2, 0) is 0 Å². The van der Waals surface area contributed by atoms with Crippen LogP contribution in [0, 0.1) is 6.92 Å². The second-order valence-corrected chi connectivity index (χ2v) is 5.26. The first-order valence-corrected chi connectivity index (χ1v) is 6.15. The Balaban J connectivity index is 2.10. The molecule has 0 bridgehead atoms. The molecule has 0 amide bonds. The van der Waals surface area contributed by atoms with Crippen LogP contribution in [0.25, 0.3) is 0 Å². The Morgan fingerprint density at radius 3 is 2.69 bits per heavy atom. The topological polar surface area (TPSA) is 38.0 Å². The van der Waals surface area contributed by atoms with Gasteiger partial charge < -0.3 is 11.1 Å². The number of thiophene rings is 1. The van der Waals surface area contributed by atoms with Crippen molar-refractivity contribution in [3.8, 4) is 0 Å². The molecule has 0 fully saturated rings. The van der Waals surface area contributed by atoms with Crippen molar-refractivity contribution in [2.45, 2.75) is 19.9 Å². The van der Waals surface area contributed by atoms with Gasteiger partial charge in [-0.25, -0.2) is 0 Å². The summed E-state index contributed by atoms with van der Waals surface area (Å²) in [7, 11) is 0. The minimum atomic E-state index is 0.320. The molecular weight excluding hydrogens is 216 g/mol. The van der Waals surface area contributed by atoms with E-state index in [-0.39, 0.29) is 0 Å². The molecule has 3 N–H and O–H groups in total. The summed E-state index contributed by atoms with van der Waals surface area (Å²) >= 11 is 1.83. The fourth-order valence-electron chi connectivity index (χ4n) is 1.64. The van der Waals surface area contributed by atoms with Gasteiger partial charge >= 0.3 is 0 Å². The number of nitrogen functional groups attached to an aromatic ring is 1. The van der Waals surface area contributed by atoms with Crippen LogP contribution in [0.5, 0.6) is 0 Å². The van der Waals surface area contributed by atoms with Crippen LogP contribution in [0.2, 0.25) is 0 Å². The number of hydrogen-bond acceptors (Lipinski definition) is 3. The zero-order valence-electron chi connectivity index (χ0n) is 9.53. The molecule has 2 aromatic rings. The lowest BCUT2D eigenvalue weighted by atomic mass is 10.2. The van der Waals surface area contributed by atoms with Crippen molar-refractivity contribution in [3.63, 3.8) is 0 Å². The SMILES string of the molecule is Cc1ccc(C(C)Nc2cccc(N)c2)s1. The Morgan fingerprint density at radius 2 is 2.06 bits per heavy atom. The number of anilines is 2. The molecule has 16 heavy (non-hydrogen) atoms.